The van der Waals surface area contributed by atoms with Crippen molar-refractivity contribution in [1.29, 1.82) is 0 Å². The van der Waals surface area contributed by atoms with Gasteiger partial charge in [0, 0.05) is 25.7 Å². The molecule has 0 amide bonds. The van der Waals surface area contributed by atoms with Crippen molar-refractivity contribution in [2.75, 3.05) is 18.4 Å². The number of aliphatic hydroxyl groups is 1. The minimum Gasteiger partial charge on any atom is -0.392 e. The number of halogens is 1. The highest BCUT2D eigenvalue weighted by Crippen LogP contribution is 2.26. The lowest BCUT2D eigenvalue weighted by molar-refractivity contribution is 0.211. The zero-order valence-electron chi connectivity index (χ0n) is 13.2. The van der Waals surface area contributed by atoms with Crippen molar-refractivity contribution in [2.45, 2.75) is 32.0 Å². The maximum Gasteiger partial charge on any atom is 0.0682 e. The maximum absolute atomic E-state index is 9.26. The van der Waals surface area contributed by atoms with Gasteiger partial charge < -0.3 is 10.4 Å². The van der Waals surface area contributed by atoms with Gasteiger partial charge in [-0.25, -0.2) is 0 Å². The number of piperidine rings is 1. The number of rotatable bonds is 5. The van der Waals surface area contributed by atoms with E-state index in [2.05, 4.69) is 40.5 Å². The summed E-state index contributed by atoms with van der Waals surface area (Å²) in [4.78, 5) is 2.50. The van der Waals surface area contributed by atoms with E-state index in [-0.39, 0.29) is 6.61 Å². The highest BCUT2D eigenvalue weighted by molar-refractivity contribution is 6.33. The maximum atomic E-state index is 9.26. The lowest BCUT2D eigenvalue weighted by Crippen LogP contribution is -2.38. The Balaban J connectivity index is 1.53. The van der Waals surface area contributed by atoms with Gasteiger partial charge in [-0.2, -0.15) is 0 Å². The zero-order chi connectivity index (χ0) is 16.1. The number of nitrogens with zero attached hydrogens (tertiary/aromatic N) is 1. The fraction of sp³-hybridized carbons (Fsp3) is 0.368. The molecule has 1 saturated heterocycles. The van der Waals surface area contributed by atoms with Gasteiger partial charge in [-0.05, 0) is 36.1 Å². The van der Waals surface area contributed by atoms with E-state index in [9.17, 15) is 5.11 Å². The van der Waals surface area contributed by atoms with Crippen LogP contribution in [0.5, 0.6) is 0 Å². The lowest BCUT2D eigenvalue weighted by Gasteiger charge is -2.33. The van der Waals surface area contributed by atoms with Crippen molar-refractivity contribution in [1.82, 2.24) is 4.90 Å². The number of nitrogens with one attached hydrogen (secondary N) is 1. The largest absolute Gasteiger partial charge is 0.392 e. The van der Waals surface area contributed by atoms with E-state index < -0.39 is 0 Å². The molecule has 1 aliphatic heterocycles. The number of hydrogen-bond acceptors (Lipinski definition) is 3. The summed E-state index contributed by atoms with van der Waals surface area (Å²) >= 11 is 6.25. The molecule has 0 unspecified atom stereocenters. The van der Waals surface area contributed by atoms with Crippen LogP contribution in [0.2, 0.25) is 5.02 Å². The molecule has 1 fully saturated rings. The van der Waals surface area contributed by atoms with Crippen LogP contribution in [-0.2, 0) is 13.2 Å². The van der Waals surface area contributed by atoms with Crippen LogP contribution < -0.4 is 5.32 Å². The Hall–Kier alpha value is -1.55. The zero-order valence-corrected chi connectivity index (χ0v) is 14.0. The van der Waals surface area contributed by atoms with Crippen LogP contribution in [0.3, 0.4) is 0 Å². The van der Waals surface area contributed by atoms with Gasteiger partial charge in [0.2, 0.25) is 0 Å². The van der Waals surface area contributed by atoms with Crippen LogP contribution in [0.25, 0.3) is 0 Å². The third-order valence-corrected chi connectivity index (χ3v) is 4.74. The summed E-state index contributed by atoms with van der Waals surface area (Å²) in [6, 6.07) is 16.7. The lowest BCUT2D eigenvalue weighted by atomic mass is 10.0. The second kappa shape index (κ2) is 7.82. The standard InChI is InChI=1S/C19H23ClN2O/c20-18-7-6-16(14-23)12-19(18)21-17-8-10-22(11-9-17)13-15-4-2-1-3-5-15/h1-7,12,17,21,23H,8-11,13-14H2. The Labute approximate surface area is 142 Å². The molecule has 4 heteroatoms. The molecule has 3 nitrogen and oxygen atoms in total. The second-order valence-corrected chi connectivity index (χ2v) is 6.56. The molecule has 0 radical (unpaired) electrons. The Morgan fingerprint density at radius 2 is 1.78 bits per heavy atom. The van der Waals surface area contributed by atoms with E-state index in [0.29, 0.717) is 11.1 Å². The van der Waals surface area contributed by atoms with Crippen molar-refractivity contribution in [3.8, 4) is 0 Å². The Kier molecular flexibility index (Phi) is 5.55. The van der Waals surface area contributed by atoms with Gasteiger partial charge in [0.15, 0.2) is 0 Å². The van der Waals surface area contributed by atoms with Gasteiger partial charge in [0.05, 0.1) is 17.3 Å². The molecule has 0 spiro atoms. The Morgan fingerprint density at radius 3 is 2.48 bits per heavy atom. The van der Waals surface area contributed by atoms with Crippen LogP contribution in [-0.4, -0.2) is 29.1 Å². The molecular formula is C19H23ClN2O. The van der Waals surface area contributed by atoms with Crippen LogP contribution in [0.1, 0.15) is 24.0 Å². The summed E-state index contributed by atoms with van der Waals surface area (Å²) in [7, 11) is 0. The molecule has 1 heterocycles. The van der Waals surface area contributed by atoms with Gasteiger partial charge >= 0.3 is 0 Å². The molecule has 2 aromatic rings. The highest BCUT2D eigenvalue weighted by atomic mass is 35.5. The Morgan fingerprint density at radius 1 is 1.04 bits per heavy atom. The average Bonchev–Trinajstić information content (AvgIpc) is 2.59. The summed E-state index contributed by atoms with van der Waals surface area (Å²) in [6.45, 7) is 3.24. The van der Waals surface area contributed by atoms with E-state index in [4.69, 9.17) is 11.6 Å². The first kappa shape index (κ1) is 16.3. The number of benzene rings is 2. The third kappa shape index (κ3) is 4.47. The smallest absolute Gasteiger partial charge is 0.0682 e. The number of aliphatic hydroxyl groups excluding tert-OH is 1. The van der Waals surface area contributed by atoms with Gasteiger partial charge in [0.1, 0.15) is 0 Å². The average molecular weight is 331 g/mol. The molecule has 2 N–H and O–H groups in total. The van der Waals surface area contributed by atoms with Crippen molar-refractivity contribution in [3.05, 3.63) is 64.7 Å². The normalized spacial score (nSPS) is 16.4. The third-order valence-electron chi connectivity index (χ3n) is 4.41. The van der Waals surface area contributed by atoms with Gasteiger partial charge in [0.25, 0.3) is 0 Å². The fourth-order valence-electron chi connectivity index (χ4n) is 3.08. The molecule has 0 aromatic heterocycles. The number of likely N-dealkylation sites (tertiary alicyclic amines) is 1. The molecular weight excluding hydrogens is 308 g/mol. The molecule has 2 aromatic carbocycles. The van der Waals surface area contributed by atoms with Gasteiger partial charge in [-0.3, -0.25) is 4.90 Å². The van der Waals surface area contributed by atoms with Crippen LogP contribution >= 0.6 is 11.6 Å². The topological polar surface area (TPSA) is 35.5 Å². The Bertz CT molecular complexity index is 625. The summed E-state index contributed by atoms with van der Waals surface area (Å²) in [5.41, 5.74) is 3.19. The minimum absolute atomic E-state index is 0.0430. The van der Waals surface area contributed by atoms with Crippen LogP contribution in [0.4, 0.5) is 5.69 Å². The summed E-state index contributed by atoms with van der Waals surface area (Å²) in [6.07, 6.45) is 2.21. The predicted molar refractivity (Wildman–Crippen MR) is 95.7 cm³/mol. The molecule has 0 aliphatic carbocycles. The van der Waals surface area contributed by atoms with Crippen LogP contribution in [0.15, 0.2) is 48.5 Å². The highest BCUT2D eigenvalue weighted by Gasteiger charge is 2.19. The first-order chi connectivity index (χ1) is 11.2. The van der Waals surface area contributed by atoms with Crippen molar-refractivity contribution < 1.29 is 5.11 Å². The molecule has 0 bridgehead atoms. The molecule has 0 saturated carbocycles. The molecule has 0 atom stereocenters. The van der Waals surface area contributed by atoms with E-state index in [0.717, 1.165) is 43.7 Å². The first-order valence-electron chi connectivity index (χ1n) is 8.16. The van der Waals surface area contributed by atoms with Crippen LogP contribution in [0, 0.1) is 0 Å². The van der Waals surface area contributed by atoms with Crippen molar-refractivity contribution >= 4 is 17.3 Å². The van der Waals surface area contributed by atoms with Gasteiger partial charge in [-0.15, -0.1) is 0 Å². The van der Waals surface area contributed by atoms with E-state index in [1.807, 2.05) is 18.2 Å². The number of hydrogen-bond donors (Lipinski definition) is 2. The quantitative estimate of drug-likeness (QED) is 0.872. The van der Waals surface area contributed by atoms with Crippen molar-refractivity contribution in [2.24, 2.45) is 0 Å². The molecule has 122 valence electrons. The molecule has 23 heavy (non-hydrogen) atoms. The molecule has 3 rings (SSSR count). The fourth-order valence-corrected chi connectivity index (χ4v) is 3.25. The monoisotopic (exact) mass is 330 g/mol. The summed E-state index contributed by atoms with van der Waals surface area (Å²) in [5.74, 6) is 0. The van der Waals surface area contributed by atoms with E-state index >= 15 is 0 Å². The second-order valence-electron chi connectivity index (χ2n) is 6.15. The predicted octanol–water partition coefficient (Wildman–Crippen LogP) is 3.91. The minimum atomic E-state index is 0.0430. The molecule has 1 aliphatic rings. The van der Waals surface area contributed by atoms with E-state index in [1.54, 1.807) is 0 Å². The summed E-state index contributed by atoms with van der Waals surface area (Å²) in [5, 5.41) is 13.5. The summed E-state index contributed by atoms with van der Waals surface area (Å²) < 4.78 is 0. The SMILES string of the molecule is OCc1ccc(Cl)c(NC2CCN(Cc3ccccc3)CC2)c1. The van der Waals surface area contributed by atoms with E-state index in [1.165, 1.54) is 5.56 Å². The number of anilines is 1. The van der Waals surface area contributed by atoms with Gasteiger partial charge in [-0.1, -0.05) is 48.0 Å². The first-order valence-corrected chi connectivity index (χ1v) is 8.54. The van der Waals surface area contributed by atoms with Crippen molar-refractivity contribution in [3.63, 3.8) is 0 Å².